The van der Waals surface area contributed by atoms with E-state index in [4.69, 9.17) is 8.92 Å². The minimum atomic E-state index is -3.86. The van der Waals surface area contributed by atoms with Crippen LogP contribution in [0.4, 0.5) is 0 Å². The summed E-state index contributed by atoms with van der Waals surface area (Å²) in [7, 11) is -3.86. The number of hydrogen-bond donors (Lipinski definition) is 0. The zero-order valence-corrected chi connectivity index (χ0v) is 14.0. The van der Waals surface area contributed by atoms with Gasteiger partial charge in [0.25, 0.3) is 0 Å². The molecule has 2 aromatic carbocycles. The van der Waals surface area contributed by atoms with Gasteiger partial charge in [-0.2, -0.15) is 8.42 Å². The molecule has 0 saturated carbocycles. The van der Waals surface area contributed by atoms with E-state index in [0.717, 1.165) is 16.7 Å². The lowest BCUT2D eigenvalue weighted by atomic mass is 10.1. The first kappa shape index (κ1) is 16.4. The van der Waals surface area contributed by atoms with Gasteiger partial charge < -0.3 is 8.92 Å². The largest absolute Gasteiger partial charge is 0.494 e. The maximum atomic E-state index is 12.4. The topological polar surface area (TPSA) is 52.6 Å². The molecule has 0 heterocycles. The molecule has 2 aromatic rings. The minimum absolute atomic E-state index is 0.107. The molecular formula is C17H20O4S. The highest BCUT2D eigenvalue weighted by Gasteiger charge is 2.19. The summed E-state index contributed by atoms with van der Waals surface area (Å²) in [4.78, 5) is 0.107. The molecular weight excluding hydrogens is 300 g/mol. The smallest absolute Gasteiger partial charge is 0.339 e. The lowest BCUT2D eigenvalue weighted by Gasteiger charge is -2.13. The molecule has 0 fully saturated rings. The molecule has 0 bridgehead atoms. The summed E-state index contributed by atoms with van der Waals surface area (Å²) in [6.45, 7) is 8.04. The average molecular weight is 320 g/mol. The molecule has 4 nitrogen and oxygen atoms in total. The van der Waals surface area contributed by atoms with E-state index >= 15 is 0 Å². The molecule has 2 rings (SSSR count). The Morgan fingerprint density at radius 2 is 1.50 bits per heavy atom. The van der Waals surface area contributed by atoms with Crippen molar-refractivity contribution in [2.75, 3.05) is 6.61 Å². The van der Waals surface area contributed by atoms with Crippen LogP contribution in [0.1, 0.15) is 23.6 Å². The predicted octanol–water partition coefficient (Wildman–Crippen LogP) is 3.78. The van der Waals surface area contributed by atoms with E-state index in [2.05, 4.69) is 0 Å². The van der Waals surface area contributed by atoms with E-state index in [1.165, 1.54) is 12.1 Å². The summed E-state index contributed by atoms with van der Waals surface area (Å²) in [6.07, 6.45) is 0. The van der Waals surface area contributed by atoms with Crippen molar-refractivity contribution >= 4 is 10.1 Å². The van der Waals surface area contributed by atoms with Crippen LogP contribution in [0.25, 0.3) is 0 Å². The lowest BCUT2D eigenvalue weighted by molar-refractivity contribution is 0.340. The van der Waals surface area contributed by atoms with Crippen LogP contribution in [0.5, 0.6) is 11.5 Å². The van der Waals surface area contributed by atoms with Crippen LogP contribution in [0, 0.1) is 20.8 Å². The van der Waals surface area contributed by atoms with Gasteiger partial charge in [-0.1, -0.05) is 17.7 Å². The monoisotopic (exact) mass is 320 g/mol. The van der Waals surface area contributed by atoms with E-state index < -0.39 is 10.1 Å². The molecule has 0 amide bonds. The molecule has 5 heteroatoms. The average Bonchev–Trinajstić information content (AvgIpc) is 2.44. The molecule has 22 heavy (non-hydrogen) atoms. The maximum absolute atomic E-state index is 12.4. The zero-order chi connectivity index (χ0) is 16.3. The molecule has 0 spiro atoms. The number of hydrogen-bond acceptors (Lipinski definition) is 4. The van der Waals surface area contributed by atoms with E-state index in [-0.39, 0.29) is 4.90 Å². The fourth-order valence-electron chi connectivity index (χ4n) is 2.33. The molecule has 118 valence electrons. The summed E-state index contributed by atoms with van der Waals surface area (Å²) < 4.78 is 35.4. The summed E-state index contributed by atoms with van der Waals surface area (Å²) in [5.74, 6) is 1.02. The number of aryl methyl sites for hydroxylation is 3. The number of rotatable bonds is 5. The standard InChI is InChI=1S/C17H20O4S/c1-5-20-15-6-8-16(9-7-15)22(18,19)21-17-13(3)10-12(2)11-14(17)4/h6-11H,5H2,1-4H3. The molecule has 0 N–H and O–H groups in total. The second-order valence-corrected chi connectivity index (χ2v) is 6.72. The zero-order valence-electron chi connectivity index (χ0n) is 13.2. The first-order valence-corrected chi connectivity index (χ1v) is 8.49. The van der Waals surface area contributed by atoms with Crippen LogP contribution in [-0.4, -0.2) is 15.0 Å². The Bertz CT molecular complexity index is 739. The third-order valence-electron chi connectivity index (χ3n) is 3.22. The van der Waals surface area contributed by atoms with E-state index in [1.54, 1.807) is 12.1 Å². The van der Waals surface area contributed by atoms with Gasteiger partial charge in [-0.25, -0.2) is 0 Å². The first-order chi connectivity index (χ1) is 10.3. The van der Waals surface area contributed by atoms with Crippen molar-refractivity contribution in [3.05, 3.63) is 53.1 Å². The molecule has 0 saturated heterocycles. The van der Waals surface area contributed by atoms with Gasteiger partial charge in [0, 0.05) is 0 Å². The summed E-state index contributed by atoms with van der Waals surface area (Å²) in [5.41, 5.74) is 2.67. The Kier molecular flexibility index (Phi) is 4.76. The van der Waals surface area contributed by atoms with Crippen molar-refractivity contribution in [2.45, 2.75) is 32.6 Å². The van der Waals surface area contributed by atoms with E-state index in [1.807, 2.05) is 39.8 Å². The number of ether oxygens (including phenoxy) is 1. The molecule has 0 aliphatic carbocycles. The van der Waals surface area contributed by atoms with Gasteiger partial charge in [-0.05, 0) is 63.1 Å². The molecule has 0 atom stereocenters. The van der Waals surface area contributed by atoms with Gasteiger partial charge in [0.05, 0.1) is 6.61 Å². The fourth-order valence-corrected chi connectivity index (χ4v) is 3.37. The van der Waals surface area contributed by atoms with Crippen molar-refractivity contribution in [1.82, 2.24) is 0 Å². The van der Waals surface area contributed by atoms with Gasteiger partial charge in [0.15, 0.2) is 0 Å². The third kappa shape index (κ3) is 3.60. The number of benzene rings is 2. The predicted molar refractivity (Wildman–Crippen MR) is 86.1 cm³/mol. The van der Waals surface area contributed by atoms with Crippen molar-refractivity contribution in [2.24, 2.45) is 0 Å². The normalized spacial score (nSPS) is 11.3. The Hall–Kier alpha value is -2.01. The van der Waals surface area contributed by atoms with Crippen LogP contribution in [0.3, 0.4) is 0 Å². The molecule has 0 aliphatic heterocycles. The van der Waals surface area contributed by atoms with Crippen LogP contribution in [0.2, 0.25) is 0 Å². The van der Waals surface area contributed by atoms with Gasteiger partial charge in [0.1, 0.15) is 16.4 Å². The second kappa shape index (κ2) is 6.40. The Morgan fingerprint density at radius 1 is 0.955 bits per heavy atom. The Labute approximate surface area is 131 Å². The SMILES string of the molecule is CCOc1ccc(S(=O)(=O)Oc2c(C)cc(C)cc2C)cc1. The highest BCUT2D eigenvalue weighted by molar-refractivity contribution is 7.87. The van der Waals surface area contributed by atoms with Crippen molar-refractivity contribution < 1.29 is 17.3 Å². The summed E-state index contributed by atoms with van der Waals surface area (Å²) in [5, 5.41) is 0. The van der Waals surface area contributed by atoms with Gasteiger partial charge >= 0.3 is 10.1 Å². The highest BCUT2D eigenvalue weighted by atomic mass is 32.2. The highest BCUT2D eigenvalue weighted by Crippen LogP contribution is 2.28. The van der Waals surface area contributed by atoms with Gasteiger partial charge in [-0.3, -0.25) is 0 Å². The van der Waals surface area contributed by atoms with Crippen LogP contribution < -0.4 is 8.92 Å². The maximum Gasteiger partial charge on any atom is 0.339 e. The molecule has 0 unspecified atom stereocenters. The van der Waals surface area contributed by atoms with Crippen LogP contribution in [-0.2, 0) is 10.1 Å². The quantitative estimate of drug-likeness (QED) is 0.787. The lowest BCUT2D eigenvalue weighted by Crippen LogP contribution is -2.11. The van der Waals surface area contributed by atoms with Crippen molar-refractivity contribution in [3.63, 3.8) is 0 Å². The molecule has 0 aromatic heterocycles. The van der Waals surface area contributed by atoms with Crippen molar-refractivity contribution in [1.29, 1.82) is 0 Å². The Balaban J connectivity index is 2.32. The third-order valence-corrected chi connectivity index (χ3v) is 4.46. The Morgan fingerprint density at radius 3 is 2.00 bits per heavy atom. The molecule has 0 aliphatic rings. The van der Waals surface area contributed by atoms with Crippen molar-refractivity contribution in [3.8, 4) is 11.5 Å². The van der Waals surface area contributed by atoms with E-state index in [0.29, 0.717) is 18.1 Å². The van der Waals surface area contributed by atoms with Crippen LogP contribution >= 0.6 is 0 Å². The summed E-state index contributed by atoms with van der Waals surface area (Å²) >= 11 is 0. The minimum Gasteiger partial charge on any atom is -0.494 e. The first-order valence-electron chi connectivity index (χ1n) is 7.08. The van der Waals surface area contributed by atoms with Gasteiger partial charge in [0.2, 0.25) is 0 Å². The van der Waals surface area contributed by atoms with Gasteiger partial charge in [-0.15, -0.1) is 0 Å². The van der Waals surface area contributed by atoms with Crippen LogP contribution in [0.15, 0.2) is 41.3 Å². The van der Waals surface area contributed by atoms with E-state index in [9.17, 15) is 8.42 Å². The summed E-state index contributed by atoms with van der Waals surface area (Å²) in [6, 6.07) is 10.0. The fraction of sp³-hybridized carbons (Fsp3) is 0.294. The molecule has 0 radical (unpaired) electrons. The second-order valence-electron chi connectivity index (χ2n) is 5.17.